The Bertz CT molecular complexity index is 331. The highest BCUT2D eigenvalue weighted by Gasteiger charge is 2.27. The van der Waals surface area contributed by atoms with Gasteiger partial charge in [-0.3, -0.25) is 5.32 Å². The first-order valence-electron chi connectivity index (χ1n) is 4.50. The minimum absolute atomic E-state index is 0.218. The number of aliphatic imine (C=N–C) groups is 1. The lowest BCUT2D eigenvalue weighted by Crippen LogP contribution is -2.48. The number of nitrogens with zero attached hydrogens (tertiary/aromatic N) is 2. The lowest BCUT2D eigenvalue weighted by atomic mass is 10.1. The highest BCUT2D eigenvalue weighted by atomic mass is 35.5. The largest absolute Gasteiger partial charge is 0.465 e. The summed E-state index contributed by atoms with van der Waals surface area (Å²) < 4.78 is 0. The van der Waals surface area contributed by atoms with E-state index in [1.54, 1.807) is 0 Å². The molecule has 2 N–H and O–H groups in total. The van der Waals surface area contributed by atoms with E-state index in [9.17, 15) is 4.79 Å². The summed E-state index contributed by atoms with van der Waals surface area (Å²) in [6, 6.07) is 0. The molecule has 84 valence electrons. The van der Waals surface area contributed by atoms with Gasteiger partial charge in [-0.2, -0.15) is 0 Å². The van der Waals surface area contributed by atoms with Crippen molar-refractivity contribution in [3.05, 3.63) is 12.0 Å². The Morgan fingerprint density at radius 3 is 2.73 bits per heavy atom. The minimum Gasteiger partial charge on any atom is -0.465 e. The van der Waals surface area contributed by atoms with Crippen LogP contribution in [0.1, 0.15) is 20.8 Å². The van der Waals surface area contributed by atoms with Crippen LogP contribution in [0.15, 0.2) is 17.0 Å². The predicted molar refractivity (Wildman–Crippen MR) is 59.0 cm³/mol. The van der Waals surface area contributed by atoms with Gasteiger partial charge in [0.2, 0.25) is 0 Å². The summed E-state index contributed by atoms with van der Waals surface area (Å²) >= 11 is 5.81. The maximum absolute atomic E-state index is 10.6. The molecular weight excluding hydrogens is 218 g/mol. The first-order chi connectivity index (χ1) is 6.80. The van der Waals surface area contributed by atoms with E-state index >= 15 is 0 Å². The van der Waals surface area contributed by atoms with E-state index in [-0.39, 0.29) is 5.54 Å². The van der Waals surface area contributed by atoms with Crippen molar-refractivity contribution in [2.24, 2.45) is 4.99 Å². The van der Waals surface area contributed by atoms with Crippen LogP contribution in [0.5, 0.6) is 0 Å². The number of carbonyl (C=O) groups is 1. The molecule has 0 spiro atoms. The Balaban J connectivity index is 2.92. The van der Waals surface area contributed by atoms with Gasteiger partial charge in [-0.25, -0.2) is 9.79 Å². The zero-order valence-corrected chi connectivity index (χ0v) is 9.67. The summed E-state index contributed by atoms with van der Waals surface area (Å²) in [5, 5.41) is 11.4. The van der Waals surface area contributed by atoms with Gasteiger partial charge in [-0.15, -0.1) is 0 Å². The van der Waals surface area contributed by atoms with Gasteiger partial charge in [0.1, 0.15) is 11.0 Å². The highest BCUT2D eigenvalue weighted by molar-refractivity contribution is 6.66. The Morgan fingerprint density at radius 2 is 2.27 bits per heavy atom. The molecule has 0 aromatic carbocycles. The van der Waals surface area contributed by atoms with Gasteiger partial charge in [-0.05, 0) is 20.8 Å². The molecule has 6 heteroatoms. The van der Waals surface area contributed by atoms with E-state index in [4.69, 9.17) is 16.7 Å². The summed E-state index contributed by atoms with van der Waals surface area (Å²) in [7, 11) is 0. The lowest BCUT2D eigenvalue weighted by molar-refractivity contribution is 0.171. The molecule has 0 aliphatic carbocycles. The third-order valence-electron chi connectivity index (χ3n) is 1.95. The predicted octanol–water partition coefficient (Wildman–Crippen LogP) is 1.80. The van der Waals surface area contributed by atoms with Crippen LogP contribution in [-0.4, -0.2) is 33.4 Å². The number of halogens is 1. The maximum Gasteiger partial charge on any atom is 0.410 e. The average molecular weight is 232 g/mol. The lowest BCUT2D eigenvalue weighted by Gasteiger charge is -2.39. The summed E-state index contributed by atoms with van der Waals surface area (Å²) in [5.74, 6) is 0.444. The molecule has 0 fully saturated rings. The van der Waals surface area contributed by atoms with Crippen LogP contribution in [0.2, 0.25) is 0 Å². The monoisotopic (exact) mass is 231 g/mol. The fraction of sp³-hybridized carbons (Fsp3) is 0.556. The fourth-order valence-electron chi connectivity index (χ4n) is 1.27. The van der Waals surface area contributed by atoms with Crippen LogP contribution in [0.25, 0.3) is 0 Å². The van der Waals surface area contributed by atoms with Crippen LogP contribution >= 0.6 is 11.6 Å². The van der Waals surface area contributed by atoms with Crippen molar-refractivity contribution in [2.75, 3.05) is 6.54 Å². The van der Waals surface area contributed by atoms with Crippen LogP contribution in [-0.2, 0) is 0 Å². The van der Waals surface area contributed by atoms with Gasteiger partial charge in [0.05, 0.1) is 12.7 Å². The summed E-state index contributed by atoms with van der Waals surface area (Å²) in [5.41, 5.74) is -0.218. The Labute approximate surface area is 93.4 Å². The molecule has 0 atom stereocenters. The van der Waals surface area contributed by atoms with Crippen molar-refractivity contribution >= 4 is 22.9 Å². The molecule has 15 heavy (non-hydrogen) atoms. The molecule has 0 aromatic heterocycles. The second-order valence-corrected chi connectivity index (χ2v) is 4.64. The number of amides is 1. The summed E-state index contributed by atoms with van der Waals surface area (Å²) in [4.78, 5) is 16.3. The molecule has 1 aliphatic heterocycles. The third kappa shape index (κ3) is 3.13. The Morgan fingerprint density at radius 1 is 1.67 bits per heavy atom. The number of hydrogen-bond acceptors (Lipinski definition) is 3. The van der Waals surface area contributed by atoms with E-state index in [1.807, 2.05) is 25.7 Å². The number of nitrogens with one attached hydrogen (secondary N) is 1. The standard InChI is InChI=1S/C9H14ClN3O2/c1-9(2,3)13-5-6(10)11-4-7(13)12-8(14)15/h4,12H,5H2,1-3H3,(H,14,15). The van der Waals surface area contributed by atoms with Gasteiger partial charge in [0, 0.05) is 5.54 Å². The molecule has 0 aromatic rings. The SMILES string of the molecule is CC(C)(C)N1CC(Cl)=NC=C1NC(=O)O. The Kier molecular flexibility index (Phi) is 3.24. The van der Waals surface area contributed by atoms with Crippen LogP contribution < -0.4 is 5.32 Å². The molecule has 0 bridgehead atoms. The fourth-order valence-corrected chi connectivity index (χ4v) is 1.43. The van der Waals surface area contributed by atoms with Crippen molar-refractivity contribution in [1.82, 2.24) is 10.2 Å². The highest BCUT2D eigenvalue weighted by Crippen LogP contribution is 2.21. The summed E-state index contributed by atoms with van der Waals surface area (Å²) in [6.07, 6.45) is 0.314. The van der Waals surface area contributed by atoms with E-state index in [0.717, 1.165) is 0 Å². The molecule has 0 saturated carbocycles. The quantitative estimate of drug-likeness (QED) is 0.723. The van der Waals surface area contributed by atoms with Crippen LogP contribution in [0.3, 0.4) is 0 Å². The third-order valence-corrected chi connectivity index (χ3v) is 2.17. The van der Waals surface area contributed by atoms with Gasteiger partial charge in [0.25, 0.3) is 0 Å². The normalized spacial score (nSPS) is 16.9. The molecule has 1 aliphatic rings. The van der Waals surface area contributed by atoms with E-state index < -0.39 is 6.09 Å². The van der Waals surface area contributed by atoms with Gasteiger partial charge in [-0.1, -0.05) is 11.6 Å². The molecule has 0 radical (unpaired) electrons. The van der Waals surface area contributed by atoms with Gasteiger partial charge < -0.3 is 10.0 Å². The smallest absolute Gasteiger partial charge is 0.410 e. The van der Waals surface area contributed by atoms with Crippen molar-refractivity contribution in [2.45, 2.75) is 26.3 Å². The first kappa shape index (κ1) is 11.8. The maximum atomic E-state index is 10.6. The van der Waals surface area contributed by atoms with E-state index in [1.165, 1.54) is 6.20 Å². The van der Waals surface area contributed by atoms with Crippen molar-refractivity contribution < 1.29 is 9.90 Å². The second-order valence-electron chi connectivity index (χ2n) is 4.21. The van der Waals surface area contributed by atoms with E-state index in [2.05, 4.69) is 10.3 Å². The minimum atomic E-state index is -1.11. The van der Waals surface area contributed by atoms with Crippen molar-refractivity contribution in [1.29, 1.82) is 0 Å². The van der Waals surface area contributed by atoms with E-state index in [0.29, 0.717) is 17.5 Å². The molecule has 1 rings (SSSR count). The second kappa shape index (κ2) is 4.10. The van der Waals surface area contributed by atoms with Crippen molar-refractivity contribution in [3.63, 3.8) is 0 Å². The molecule has 5 nitrogen and oxygen atoms in total. The molecule has 1 heterocycles. The molecule has 0 saturated heterocycles. The van der Waals surface area contributed by atoms with Crippen molar-refractivity contribution in [3.8, 4) is 0 Å². The first-order valence-corrected chi connectivity index (χ1v) is 4.88. The molecule has 1 amide bonds. The van der Waals surface area contributed by atoms with Crippen LogP contribution in [0.4, 0.5) is 4.79 Å². The average Bonchev–Trinajstić information content (AvgIpc) is 2.05. The number of rotatable bonds is 1. The van der Waals surface area contributed by atoms with Gasteiger partial charge >= 0.3 is 6.09 Å². The van der Waals surface area contributed by atoms with Crippen LogP contribution in [0, 0.1) is 0 Å². The molecule has 0 unspecified atom stereocenters. The zero-order valence-electron chi connectivity index (χ0n) is 8.91. The summed E-state index contributed by atoms with van der Waals surface area (Å²) in [6.45, 7) is 6.33. The number of carboxylic acid groups (broad SMARTS) is 1. The topological polar surface area (TPSA) is 64.9 Å². The molecular formula is C9H14ClN3O2. The van der Waals surface area contributed by atoms with Gasteiger partial charge in [0.15, 0.2) is 0 Å². The Hall–Kier alpha value is -1.23. The number of hydrogen-bond donors (Lipinski definition) is 2. The zero-order chi connectivity index (χ0) is 11.6.